The molecule has 2 aromatic rings. The molecule has 1 amide bonds. The molecule has 1 aromatic heterocycles. The number of rotatable bonds is 4. The van der Waals surface area contributed by atoms with E-state index in [1.54, 1.807) is 10.9 Å². The molecule has 0 bridgehead atoms. The minimum atomic E-state index is -2.81. The van der Waals surface area contributed by atoms with Gasteiger partial charge in [0.15, 0.2) is 0 Å². The average molecular weight is 320 g/mol. The van der Waals surface area contributed by atoms with Crippen molar-refractivity contribution in [1.82, 2.24) is 20.4 Å². The average Bonchev–Trinajstić information content (AvgIpc) is 3.10. The molecule has 23 heavy (non-hydrogen) atoms. The van der Waals surface area contributed by atoms with E-state index in [4.69, 9.17) is 0 Å². The minimum absolute atomic E-state index is 0.285. The molecule has 1 aliphatic heterocycles. The molecular weight excluding hydrogens is 302 g/mol. The maximum absolute atomic E-state index is 13.2. The highest BCUT2D eigenvalue weighted by Crippen LogP contribution is 2.26. The van der Waals surface area contributed by atoms with Crippen molar-refractivity contribution < 1.29 is 13.6 Å². The number of amides is 1. The molecule has 5 nitrogen and oxygen atoms in total. The maximum atomic E-state index is 13.2. The largest absolute Gasteiger partial charge is 0.351 e. The zero-order chi connectivity index (χ0) is 16.4. The SMILES string of the molecule is Cn1cc(-c2ccccc2CNC(=O)C2CC(F)(F)CN2)cn1. The van der Waals surface area contributed by atoms with E-state index in [-0.39, 0.29) is 6.54 Å². The first-order valence-electron chi connectivity index (χ1n) is 7.40. The summed E-state index contributed by atoms with van der Waals surface area (Å²) in [7, 11) is 1.83. The Morgan fingerprint density at radius 3 is 2.91 bits per heavy atom. The topological polar surface area (TPSA) is 59.0 Å². The molecule has 1 aliphatic rings. The van der Waals surface area contributed by atoms with Gasteiger partial charge in [-0.15, -0.1) is 0 Å². The van der Waals surface area contributed by atoms with Crippen LogP contribution in [-0.2, 0) is 18.4 Å². The second-order valence-corrected chi connectivity index (χ2v) is 5.77. The molecule has 1 saturated heterocycles. The van der Waals surface area contributed by atoms with E-state index in [1.165, 1.54) is 0 Å². The first-order valence-corrected chi connectivity index (χ1v) is 7.40. The molecule has 0 saturated carbocycles. The number of nitrogens with zero attached hydrogens (tertiary/aromatic N) is 2. The van der Waals surface area contributed by atoms with Crippen LogP contribution in [0.25, 0.3) is 11.1 Å². The van der Waals surface area contributed by atoms with Crippen LogP contribution in [0.3, 0.4) is 0 Å². The summed E-state index contributed by atoms with van der Waals surface area (Å²) in [6.07, 6.45) is 3.18. The Labute approximate surface area is 132 Å². The smallest absolute Gasteiger partial charge is 0.262 e. The van der Waals surface area contributed by atoms with Gasteiger partial charge >= 0.3 is 0 Å². The summed E-state index contributed by atoms with van der Waals surface area (Å²) in [5.74, 6) is -3.21. The molecule has 1 unspecified atom stereocenters. The summed E-state index contributed by atoms with van der Waals surface area (Å²) >= 11 is 0. The second-order valence-electron chi connectivity index (χ2n) is 5.77. The van der Waals surface area contributed by atoms with Crippen LogP contribution in [0, 0.1) is 0 Å². The zero-order valence-electron chi connectivity index (χ0n) is 12.7. The van der Waals surface area contributed by atoms with Crippen molar-refractivity contribution in [2.24, 2.45) is 7.05 Å². The predicted octanol–water partition coefficient (Wildman–Crippen LogP) is 1.70. The summed E-state index contributed by atoms with van der Waals surface area (Å²) in [4.78, 5) is 12.0. The lowest BCUT2D eigenvalue weighted by Crippen LogP contribution is -2.40. The highest BCUT2D eigenvalue weighted by Gasteiger charge is 2.42. The van der Waals surface area contributed by atoms with Crippen LogP contribution in [0.4, 0.5) is 8.78 Å². The molecule has 1 atom stereocenters. The third-order valence-corrected chi connectivity index (χ3v) is 3.91. The molecule has 2 heterocycles. The van der Waals surface area contributed by atoms with E-state index in [2.05, 4.69) is 15.7 Å². The molecule has 3 rings (SSSR count). The number of benzene rings is 1. The van der Waals surface area contributed by atoms with Gasteiger partial charge in [0.05, 0.1) is 18.8 Å². The first kappa shape index (κ1) is 15.6. The monoisotopic (exact) mass is 320 g/mol. The van der Waals surface area contributed by atoms with Crippen molar-refractivity contribution in [2.75, 3.05) is 6.54 Å². The van der Waals surface area contributed by atoms with Crippen molar-refractivity contribution in [2.45, 2.75) is 24.9 Å². The van der Waals surface area contributed by atoms with Crippen LogP contribution in [0.2, 0.25) is 0 Å². The van der Waals surface area contributed by atoms with Crippen LogP contribution in [0.15, 0.2) is 36.7 Å². The van der Waals surface area contributed by atoms with Crippen LogP contribution < -0.4 is 10.6 Å². The normalized spacial score (nSPS) is 19.7. The van der Waals surface area contributed by atoms with E-state index in [0.29, 0.717) is 0 Å². The quantitative estimate of drug-likeness (QED) is 0.901. The van der Waals surface area contributed by atoms with Gasteiger partial charge in [-0.2, -0.15) is 5.10 Å². The van der Waals surface area contributed by atoms with Gasteiger partial charge < -0.3 is 5.32 Å². The Morgan fingerprint density at radius 1 is 1.48 bits per heavy atom. The second kappa shape index (κ2) is 6.08. The fourth-order valence-corrected chi connectivity index (χ4v) is 2.72. The zero-order valence-corrected chi connectivity index (χ0v) is 12.7. The number of carbonyl (C=O) groups is 1. The van der Waals surface area contributed by atoms with E-state index < -0.39 is 30.8 Å². The molecule has 2 N–H and O–H groups in total. The first-order chi connectivity index (χ1) is 10.9. The van der Waals surface area contributed by atoms with Gasteiger partial charge in [0.1, 0.15) is 0 Å². The molecule has 0 aliphatic carbocycles. The van der Waals surface area contributed by atoms with Crippen molar-refractivity contribution in [3.8, 4) is 11.1 Å². The lowest BCUT2D eigenvalue weighted by Gasteiger charge is -2.13. The number of hydrogen-bond donors (Lipinski definition) is 2. The van der Waals surface area contributed by atoms with Crippen molar-refractivity contribution >= 4 is 5.91 Å². The lowest BCUT2D eigenvalue weighted by atomic mass is 10.0. The van der Waals surface area contributed by atoms with E-state index >= 15 is 0 Å². The summed E-state index contributed by atoms with van der Waals surface area (Å²) in [5, 5.41) is 9.44. The minimum Gasteiger partial charge on any atom is -0.351 e. The Kier molecular flexibility index (Phi) is 4.12. The van der Waals surface area contributed by atoms with Crippen molar-refractivity contribution in [3.63, 3.8) is 0 Å². The summed E-state index contributed by atoms with van der Waals surface area (Å²) in [6, 6.07) is 6.80. The number of halogens is 2. The molecule has 1 fully saturated rings. The van der Waals surface area contributed by atoms with Gasteiger partial charge in [-0.1, -0.05) is 24.3 Å². The highest BCUT2D eigenvalue weighted by molar-refractivity contribution is 5.82. The van der Waals surface area contributed by atoms with E-state index in [0.717, 1.165) is 16.7 Å². The number of nitrogens with one attached hydrogen (secondary N) is 2. The Bertz CT molecular complexity index is 714. The van der Waals surface area contributed by atoms with Crippen LogP contribution in [0.1, 0.15) is 12.0 Å². The predicted molar refractivity (Wildman–Crippen MR) is 81.8 cm³/mol. The van der Waals surface area contributed by atoms with Gasteiger partial charge in [-0.3, -0.25) is 14.8 Å². The third-order valence-electron chi connectivity index (χ3n) is 3.91. The highest BCUT2D eigenvalue weighted by atomic mass is 19.3. The number of alkyl halides is 2. The fraction of sp³-hybridized carbons (Fsp3) is 0.375. The van der Waals surface area contributed by atoms with Gasteiger partial charge in [0.25, 0.3) is 5.92 Å². The molecular formula is C16H18F2N4O. The van der Waals surface area contributed by atoms with Crippen LogP contribution in [-0.4, -0.2) is 34.2 Å². The molecule has 0 radical (unpaired) electrons. The molecule has 0 spiro atoms. The van der Waals surface area contributed by atoms with Crippen LogP contribution >= 0.6 is 0 Å². The van der Waals surface area contributed by atoms with Gasteiger partial charge in [0.2, 0.25) is 5.91 Å². The van der Waals surface area contributed by atoms with Crippen LogP contribution in [0.5, 0.6) is 0 Å². The summed E-state index contributed by atoms with van der Waals surface area (Å²) < 4.78 is 28.0. The van der Waals surface area contributed by atoms with Gasteiger partial charge in [-0.25, -0.2) is 8.78 Å². The van der Waals surface area contributed by atoms with Gasteiger partial charge in [-0.05, 0) is 11.1 Å². The maximum Gasteiger partial charge on any atom is 0.262 e. The number of carbonyl (C=O) groups excluding carboxylic acids is 1. The number of hydrogen-bond acceptors (Lipinski definition) is 3. The Morgan fingerprint density at radius 2 is 2.26 bits per heavy atom. The standard InChI is InChI=1S/C16H18F2N4O/c1-22-9-12(8-21-22)13-5-3-2-4-11(13)7-19-15(23)14-6-16(17,18)10-20-14/h2-5,8-9,14,20H,6-7,10H2,1H3,(H,19,23). The summed E-state index contributed by atoms with van der Waals surface area (Å²) in [6.45, 7) is -0.162. The molecule has 1 aromatic carbocycles. The molecule has 7 heteroatoms. The summed E-state index contributed by atoms with van der Waals surface area (Å²) in [5.41, 5.74) is 2.83. The van der Waals surface area contributed by atoms with Gasteiger partial charge in [0, 0.05) is 31.8 Å². The fourth-order valence-electron chi connectivity index (χ4n) is 2.72. The van der Waals surface area contributed by atoms with Crippen molar-refractivity contribution in [3.05, 3.63) is 42.2 Å². The van der Waals surface area contributed by atoms with E-state index in [1.807, 2.05) is 37.5 Å². The van der Waals surface area contributed by atoms with Crippen molar-refractivity contribution in [1.29, 1.82) is 0 Å². The third kappa shape index (κ3) is 3.56. The lowest BCUT2D eigenvalue weighted by molar-refractivity contribution is -0.123. The number of aryl methyl sites for hydroxylation is 1. The molecule has 122 valence electrons. The Hall–Kier alpha value is -2.28. The van der Waals surface area contributed by atoms with E-state index in [9.17, 15) is 13.6 Å². The number of aromatic nitrogens is 2. The Balaban J connectivity index is 1.68.